The second kappa shape index (κ2) is 12.1. The van der Waals surface area contributed by atoms with Gasteiger partial charge in [-0.3, -0.25) is 0 Å². The minimum absolute atomic E-state index is 0.715. The molecule has 1 aromatic heterocycles. The van der Waals surface area contributed by atoms with Gasteiger partial charge in [-0.1, -0.05) is 37.3 Å². The number of para-hydroxylation sites is 1. The fourth-order valence-electron chi connectivity index (χ4n) is 4.81. The maximum Gasteiger partial charge on any atom is 0.119 e. The Morgan fingerprint density at radius 2 is 1.51 bits per heavy atom. The van der Waals surface area contributed by atoms with Crippen LogP contribution < -0.4 is 9.47 Å². The molecule has 0 atom stereocenters. The van der Waals surface area contributed by atoms with Gasteiger partial charge >= 0.3 is 0 Å². The lowest BCUT2D eigenvalue weighted by Crippen LogP contribution is -2.46. The Morgan fingerprint density at radius 1 is 0.757 bits per heavy atom. The summed E-state index contributed by atoms with van der Waals surface area (Å²) < 4.78 is 13.5. The first-order valence-electron chi connectivity index (χ1n) is 13.2. The molecular formula is C31H36N4O2. The highest BCUT2D eigenvalue weighted by Crippen LogP contribution is 2.31. The Labute approximate surface area is 220 Å². The molecule has 0 spiro atoms. The normalized spacial score (nSPS) is 14.5. The van der Waals surface area contributed by atoms with E-state index in [4.69, 9.17) is 14.6 Å². The quantitative estimate of drug-likeness (QED) is 0.267. The average molecular weight is 497 g/mol. The summed E-state index contributed by atoms with van der Waals surface area (Å²) in [7, 11) is 1.68. The van der Waals surface area contributed by atoms with Gasteiger partial charge in [0.25, 0.3) is 0 Å². The molecule has 0 aliphatic carbocycles. The molecule has 0 bridgehead atoms. The lowest BCUT2D eigenvalue weighted by molar-refractivity contribution is 0.130. The molecule has 4 aromatic rings. The summed E-state index contributed by atoms with van der Waals surface area (Å²) in [6.45, 7) is 9.85. The summed E-state index contributed by atoms with van der Waals surface area (Å²) in [5, 5.41) is 4.98. The van der Waals surface area contributed by atoms with E-state index in [1.165, 1.54) is 13.1 Å². The van der Waals surface area contributed by atoms with Crippen molar-refractivity contribution in [3.05, 3.63) is 84.9 Å². The van der Waals surface area contributed by atoms with Crippen molar-refractivity contribution in [3.8, 4) is 39.7 Å². The number of rotatable bonds is 10. The molecule has 6 nitrogen and oxygen atoms in total. The van der Waals surface area contributed by atoms with Crippen LogP contribution in [0.5, 0.6) is 11.5 Å². The van der Waals surface area contributed by atoms with Crippen LogP contribution in [0.4, 0.5) is 0 Å². The van der Waals surface area contributed by atoms with E-state index in [1.54, 1.807) is 7.11 Å². The second-order valence-corrected chi connectivity index (χ2v) is 9.40. The summed E-state index contributed by atoms with van der Waals surface area (Å²) in [4.78, 5) is 5.06. The first-order valence-corrected chi connectivity index (χ1v) is 13.2. The van der Waals surface area contributed by atoms with Crippen molar-refractivity contribution in [2.75, 3.05) is 53.0 Å². The Morgan fingerprint density at radius 3 is 2.24 bits per heavy atom. The summed E-state index contributed by atoms with van der Waals surface area (Å²) in [5.41, 5.74) is 5.08. The lowest BCUT2D eigenvalue weighted by atomic mass is 10.1. The fourth-order valence-corrected chi connectivity index (χ4v) is 4.81. The van der Waals surface area contributed by atoms with Gasteiger partial charge in [-0.15, -0.1) is 0 Å². The highest BCUT2D eigenvalue weighted by molar-refractivity contribution is 5.71. The Hall–Kier alpha value is -3.61. The zero-order chi connectivity index (χ0) is 25.5. The van der Waals surface area contributed by atoms with Gasteiger partial charge in [-0.25, -0.2) is 4.68 Å². The monoisotopic (exact) mass is 496 g/mol. The molecular weight excluding hydrogens is 460 g/mol. The van der Waals surface area contributed by atoms with Crippen LogP contribution in [0.1, 0.15) is 13.3 Å². The number of piperazine rings is 1. The average Bonchev–Trinajstić information content (AvgIpc) is 3.42. The van der Waals surface area contributed by atoms with E-state index >= 15 is 0 Å². The molecule has 0 saturated carbocycles. The molecule has 6 heteroatoms. The van der Waals surface area contributed by atoms with Gasteiger partial charge in [0.05, 0.1) is 30.8 Å². The van der Waals surface area contributed by atoms with Crippen LogP contribution in [0.25, 0.3) is 28.2 Å². The molecule has 0 unspecified atom stereocenters. The summed E-state index contributed by atoms with van der Waals surface area (Å²) in [5.74, 6) is 1.72. The molecule has 192 valence electrons. The second-order valence-electron chi connectivity index (χ2n) is 9.40. The van der Waals surface area contributed by atoms with Crippen molar-refractivity contribution < 1.29 is 9.47 Å². The predicted molar refractivity (Wildman–Crippen MR) is 150 cm³/mol. The van der Waals surface area contributed by atoms with E-state index in [0.717, 1.165) is 72.3 Å². The van der Waals surface area contributed by atoms with Gasteiger partial charge in [0, 0.05) is 43.9 Å². The van der Waals surface area contributed by atoms with Gasteiger partial charge in [-0.05, 0) is 67.6 Å². The van der Waals surface area contributed by atoms with Crippen molar-refractivity contribution in [2.45, 2.75) is 13.3 Å². The van der Waals surface area contributed by atoms with Crippen molar-refractivity contribution in [1.29, 1.82) is 0 Å². The minimum atomic E-state index is 0.715. The van der Waals surface area contributed by atoms with Gasteiger partial charge in [0.15, 0.2) is 0 Å². The van der Waals surface area contributed by atoms with Crippen LogP contribution in [-0.2, 0) is 0 Å². The molecule has 3 aromatic carbocycles. The van der Waals surface area contributed by atoms with Gasteiger partial charge in [-0.2, -0.15) is 5.10 Å². The molecule has 0 amide bonds. The first-order chi connectivity index (χ1) is 18.2. The standard InChI is InChI=1S/C31H36N4O2/c1-3-33-18-20-34(21-19-33)17-8-22-37-29-12-7-9-26(23-29)31-24-30(25-13-15-28(36-2)16-14-25)32-35(31)27-10-5-4-6-11-27/h4-7,9-16,23-24H,3,8,17-22H2,1-2H3. The third-order valence-corrected chi connectivity index (χ3v) is 7.03. The van der Waals surface area contributed by atoms with E-state index in [2.05, 4.69) is 53.1 Å². The van der Waals surface area contributed by atoms with E-state index in [1.807, 2.05) is 53.2 Å². The Kier molecular flexibility index (Phi) is 8.18. The number of hydrogen-bond acceptors (Lipinski definition) is 5. The topological polar surface area (TPSA) is 42.8 Å². The molecule has 0 N–H and O–H groups in total. The zero-order valence-electron chi connectivity index (χ0n) is 21.8. The number of likely N-dealkylation sites (N-methyl/N-ethyl adjacent to an activating group) is 1. The number of nitrogens with zero attached hydrogens (tertiary/aromatic N) is 4. The highest BCUT2D eigenvalue weighted by atomic mass is 16.5. The minimum Gasteiger partial charge on any atom is -0.497 e. The fraction of sp³-hybridized carbons (Fsp3) is 0.323. The molecule has 1 fully saturated rings. The summed E-state index contributed by atoms with van der Waals surface area (Å²) in [6, 6.07) is 28.8. The third kappa shape index (κ3) is 6.21. The van der Waals surface area contributed by atoms with E-state index in [0.29, 0.717) is 6.61 Å². The number of hydrogen-bond donors (Lipinski definition) is 0. The smallest absolute Gasteiger partial charge is 0.119 e. The van der Waals surface area contributed by atoms with Gasteiger partial charge < -0.3 is 19.3 Å². The summed E-state index contributed by atoms with van der Waals surface area (Å²) >= 11 is 0. The maximum atomic E-state index is 6.18. The van der Waals surface area contributed by atoms with Crippen molar-refractivity contribution in [3.63, 3.8) is 0 Å². The van der Waals surface area contributed by atoms with Crippen LogP contribution >= 0.6 is 0 Å². The molecule has 2 heterocycles. The molecule has 37 heavy (non-hydrogen) atoms. The van der Waals surface area contributed by atoms with Crippen LogP contribution in [0.15, 0.2) is 84.9 Å². The van der Waals surface area contributed by atoms with Gasteiger partial charge in [0.2, 0.25) is 0 Å². The van der Waals surface area contributed by atoms with Crippen LogP contribution in [-0.4, -0.2) is 72.6 Å². The molecule has 1 aliphatic rings. The number of benzene rings is 3. The predicted octanol–water partition coefficient (Wildman–Crippen LogP) is 5.62. The Balaban J connectivity index is 1.31. The first kappa shape index (κ1) is 25.1. The van der Waals surface area contributed by atoms with Crippen molar-refractivity contribution in [2.24, 2.45) is 0 Å². The van der Waals surface area contributed by atoms with Crippen molar-refractivity contribution in [1.82, 2.24) is 19.6 Å². The Bertz CT molecular complexity index is 1260. The summed E-state index contributed by atoms with van der Waals surface area (Å²) in [6.07, 6.45) is 1.03. The SMILES string of the molecule is CCN1CCN(CCCOc2cccc(-c3cc(-c4ccc(OC)cc4)nn3-c3ccccc3)c2)CC1. The molecule has 1 aliphatic heterocycles. The zero-order valence-corrected chi connectivity index (χ0v) is 21.8. The lowest BCUT2D eigenvalue weighted by Gasteiger charge is -2.33. The van der Waals surface area contributed by atoms with E-state index in [-0.39, 0.29) is 0 Å². The third-order valence-electron chi connectivity index (χ3n) is 7.03. The maximum absolute atomic E-state index is 6.18. The number of aromatic nitrogens is 2. The highest BCUT2D eigenvalue weighted by Gasteiger charge is 2.16. The van der Waals surface area contributed by atoms with E-state index in [9.17, 15) is 0 Å². The molecule has 1 saturated heterocycles. The molecule has 5 rings (SSSR count). The van der Waals surface area contributed by atoms with Crippen LogP contribution in [0, 0.1) is 0 Å². The van der Waals surface area contributed by atoms with Gasteiger partial charge in [0.1, 0.15) is 11.5 Å². The number of ether oxygens (including phenoxy) is 2. The van der Waals surface area contributed by atoms with Crippen molar-refractivity contribution >= 4 is 0 Å². The molecule has 0 radical (unpaired) electrons. The van der Waals surface area contributed by atoms with Crippen LogP contribution in [0.3, 0.4) is 0 Å². The largest absolute Gasteiger partial charge is 0.497 e. The van der Waals surface area contributed by atoms with E-state index < -0.39 is 0 Å². The van der Waals surface area contributed by atoms with Crippen LogP contribution in [0.2, 0.25) is 0 Å². The number of methoxy groups -OCH3 is 1.